The molecule has 0 saturated carbocycles. The highest BCUT2D eigenvalue weighted by molar-refractivity contribution is 5.85. The molecule has 1 aromatic carbocycles. The molecule has 3 rings (SSSR count). The smallest absolute Gasteiger partial charge is 0.243 e. The van der Waals surface area contributed by atoms with Crippen molar-refractivity contribution in [1.29, 1.82) is 0 Å². The number of hydrogen-bond donors (Lipinski definition) is 2. The first-order chi connectivity index (χ1) is 13.9. The number of nitrogens with one attached hydrogen (secondary N) is 2. The number of guanidine groups is 1. The van der Waals surface area contributed by atoms with Gasteiger partial charge in [-0.15, -0.1) is 0 Å². The maximum absolute atomic E-state index is 11.9. The Hall–Kier alpha value is -2.34. The minimum atomic E-state index is -0.000764. The van der Waals surface area contributed by atoms with Crippen LogP contribution in [0.25, 0.3) is 0 Å². The fourth-order valence-corrected chi connectivity index (χ4v) is 4.31. The summed E-state index contributed by atoms with van der Waals surface area (Å²) in [5.74, 6) is 0.711. The van der Waals surface area contributed by atoms with Gasteiger partial charge in [0.15, 0.2) is 5.96 Å². The third-order valence-electron chi connectivity index (χ3n) is 5.86. The van der Waals surface area contributed by atoms with Crippen LogP contribution in [0.15, 0.2) is 47.5 Å². The van der Waals surface area contributed by atoms with Gasteiger partial charge in [0.25, 0.3) is 0 Å². The molecule has 2 fully saturated rings. The van der Waals surface area contributed by atoms with E-state index in [-0.39, 0.29) is 12.5 Å². The van der Waals surface area contributed by atoms with Gasteiger partial charge >= 0.3 is 0 Å². The maximum atomic E-state index is 11.9. The van der Waals surface area contributed by atoms with Crippen LogP contribution in [0.5, 0.6) is 0 Å². The van der Waals surface area contributed by atoms with Crippen LogP contribution in [0.3, 0.4) is 0 Å². The predicted molar refractivity (Wildman–Crippen MR) is 119 cm³/mol. The Balaban J connectivity index is 1.60. The SMILES string of the molecule is C=C(C)CNC(=NCC(=O)N(C)C)NC1CC2CCC(C1)N2Cc1ccccc1. The zero-order chi connectivity index (χ0) is 20.8. The highest BCUT2D eigenvalue weighted by atomic mass is 16.2. The summed E-state index contributed by atoms with van der Waals surface area (Å²) in [5.41, 5.74) is 2.43. The number of hydrogen-bond acceptors (Lipinski definition) is 3. The summed E-state index contributed by atoms with van der Waals surface area (Å²) in [6, 6.07) is 12.4. The Morgan fingerprint density at radius 2 is 1.86 bits per heavy atom. The van der Waals surface area contributed by atoms with Gasteiger partial charge in [0, 0.05) is 45.3 Å². The lowest BCUT2D eigenvalue weighted by Gasteiger charge is -2.39. The summed E-state index contributed by atoms with van der Waals surface area (Å²) in [5, 5.41) is 6.91. The fraction of sp³-hybridized carbons (Fsp3) is 0.565. The molecular formula is C23H35N5O. The first-order valence-corrected chi connectivity index (χ1v) is 10.6. The molecule has 2 aliphatic rings. The van der Waals surface area contributed by atoms with Gasteiger partial charge in [-0.1, -0.05) is 42.5 Å². The van der Waals surface area contributed by atoms with E-state index in [1.165, 1.54) is 18.4 Å². The quantitative estimate of drug-likeness (QED) is 0.421. The number of aliphatic imine (C=N–C) groups is 1. The molecule has 2 bridgehead atoms. The Kier molecular flexibility index (Phi) is 7.31. The largest absolute Gasteiger partial charge is 0.354 e. The monoisotopic (exact) mass is 397 g/mol. The van der Waals surface area contributed by atoms with Crippen molar-refractivity contribution in [2.24, 2.45) is 4.99 Å². The van der Waals surface area contributed by atoms with Crippen LogP contribution >= 0.6 is 0 Å². The second-order valence-corrected chi connectivity index (χ2v) is 8.62. The van der Waals surface area contributed by atoms with Crippen LogP contribution < -0.4 is 10.6 Å². The molecule has 0 radical (unpaired) electrons. The molecule has 2 heterocycles. The minimum Gasteiger partial charge on any atom is -0.354 e. The van der Waals surface area contributed by atoms with Gasteiger partial charge in [-0.25, -0.2) is 4.99 Å². The lowest BCUT2D eigenvalue weighted by atomic mass is 9.96. The summed E-state index contributed by atoms with van der Waals surface area (Å²) in [6.45, 7) is 7.78. The molecule has 6 heteroatoms. The van der Waals surface area contributed by atoms with Crippen molar-refractivity contribution < 1.29 is 4.79 Å². The molecule has 2 unspecified atom stereocenters. The van der Waals surface area contributed by atoms with Crippen LogP contribution in [0.4, 0.5) is 0 Å². The molecule has 158 valence electrons. The number of nitrogens with zero attached hydrogens (tertiary/aromatic N) is 3. The number of carbonyl (C=O) groups excluding carboxylic acids is 1. The molecule has 6 nitrogen and oxygen atoms in total. The lowest BCUT2D eigenvalue weighted by molar-refractivity contribution is -0.127. The standard InChI is InChI=1S/C23H35N5O/c1-17(2)14-24-23(25-15-22(29)27(3)4)26-19-12-20-10-11-21(13-19)28(20)16-18-8-6-5-7-9-18/h5-9,19-21H,1,10-16H2,2-4H3,(H2,24,25,26). The van der Waals surface area contributed by atoms with E-state index in [4.69, 9.17) is 0 Å². The summed E-state index contributed by atoms with van der Waals surface area (Å²) in [4.78, 5) is 20.7. The highest BCUT2D eigenvalue weighted by Crippen LogP contribution is 2.36. The van der Waals surface area contributed by atoms with Gasteiger partial charge in [-0.2, -0.15) is 0 Å². The van der Waals surface area contributed by atoms with Gasteiger partial charge in [0.05, 0.1) is 0 Å². The van der Waals surface area contributed by atoms with Gasteiger partial charge in [0.2, 0.25) is 5.91 Å². The van der Waals surface area contributed by atoms with E-state index < -0.39 is 0 Å². The van der Waals surface area contributed by atoms with E-state index in [0.717, 1.165) is 25.0 Å². The summed E-state index contributed by atoms with van der Waals surface area (Å²) >= 11 is 0. The summed E-state index contributed by atoms with van der Waals surface area (Å²) in [6.07, 6.45) is 4.75. The Morgan fingerprint density at radius 1 is 1.21 bits per heavy atom. The molecule has 29 heavy (non-hydrogen) atoms. The molecule has 2 N–H and O–H groups in total. The van der Waals surface area contributed by atoms with Crippen LogP contribution in [-0.4, -0.2) is 67.0 Å². The van der Waals surface area contributed by atoms with Crippen molar-refractivity contribution in [3.63, 3.8) is 0 Å². The van der Waals surface area contributed by atoms with Gasteiger partial charge < -0.3 is 15.5 Å². The Bertz CT molecular complexity index is 716. The second-order valence-electron chi connectivity index (χ2n) is 8.62. The van der Waals surface area contributed by atoms with Crippen molar-refractivity contribution in [1.82, 2.24) is 20.4 Å². The third kappa shape index (κ3) is 6.07. The third-order valence-corrected chi connectivity index (χ3v) is 5.86. The first kappa shape index (κ1) is 21.4. The van der Waals surface area contributed by atoms with Crippen LogP contribution in [0.1, 0.15) is 38.2 Å². The lowest BCUT2D eigenvalue weighted by Crippen LogP contribution is -2.52. The molecule has 2 aliphatic heterocycles. The van der Waals surface area contributed by atoms with E-state index in [9.17, 15) is 4.79 Å². The number of piperidine rings is 1. The number of fused-ring (bicyclic) bond motifs is 2. The average molecular weight is 398 g/mol. The molecule has 1 aromatic rings. The van der Waals surface area contributed by atoms with E-state index in [2.05, 4.69) is 57.4 Å². The number of carbonyl (C=O) groups is 1. The van der Waals surface area contributed by atoms with Crippen LogP contribution in [0.2, 0.25) is 0 Å². The Morgan fingerprint density at radius 3 is 2.45 bits per heavy atom. The number of benzene rings is 1. The minimum absolute atomic E-state index is 0.000764. The normalized spacial score (nSPS) is 24.2. The summed E-state index contributed by atoms with van der Waals surface area (Å²) < 4.78 is 0. The second kappa shape index (κ2) is 9.92. The zero-order valence-corrected chi connectivity index (χ0v) is 18.0. The van der Waals surface area contributed by atoms with E-state index in [1.807, 2.05) is 6.92 Å². The molecule has 0 spiro atoms. The Labute approximate surface area is 175 Å². The van der Waals surface area contributed by atoms with E-state index in [0.29, 0.717) is 30.6 Å². The number of likely N-dealkylation sites (N-methyl/N-ethyl adjacent to an activating group) is 1. The average Bonchev–Trinajstić information content (AvgIpc) is 2.92. The first-order valence-electron chi connectivity index (χ1n) is 10.6. The van der Waals surface area contributed by atoms with Crippen LogP contribution in [-0.2, 0) is 11.3 Å². The molecule has 2 atom stereocenters. The van der Waals surface area contributed by atoms with E-state index in [1.54, 1.807) is 19.0 Å². The summed E-state index contributed by atoms with van der Waals surface area (Å²) in [7, 11) is 3.51. The number of rotatable bonds is 7. The molecule has 0 aromatic heterocycles. The van der Waals surface area contributed by atoms with Crippen molar-refractivity contribution in [2.75, 3.05) is 27.2 Å². The topological polar surface area (TPSA) is 60.0 Å². The molecule has 0 aliphatic carbocycles. The number of amides is 1. The molecular weight excluding hydrogens is 362 g/mol. The molecule has 2 saturated heterocycles. The van der Waals surface area contributed by atoms with Crippen LogP contribution in [0, 0.1) is 0 Å². The predicted octanol–water partition coefficient (Wildman–Crippen LogP) is 2.38. The maximum Gasteiger partial charge on any atom is 0.243 e. The van der Waals surface area contributed by atoms with Gasteiger partial charge in [0.1, 0.15) is 6.54 Å². The zero-order valence-electron chi connectivity index (χ0n) is 18.0. The van der Waals surface area contributed by atoms with E-state index >= 15 is 0 Å². The molecule has 1 amide bonds. The fourth-order valence-electron chi connectivity index (χ4n) is 4.31. The van der Waals surface area contributed by atoms with Crippen molar-refractivity contribution in [3.8, 4) is 0 Å². The van der Waals surface area contributed by atoms with Crippen molar-refractivity contribution in [3.05, 3.63) is 48.0 Å². The highest BCUT2D eigenvalue weighted by Gasteiger charge is 2.40. The van der Waals surface area contributed by atoms with Gasteiger partial charge in [-0.3, -0.25) is 9.69 Å². The van der Waals surface area contributed by atoms with Crippen molar-refractivity contribution >= 4 is 11.9 Å². The van der Waals surface area contributed by atoms with Gasteiger partial charge in [-0.05, 0) is 38.2 Å². The van der Waals surface area contributed by atoms with Crippen molar-refractivity contribution in [2.45, 2.75) is 57.3 Å².